The van der Waals surface area contributed by atoms with E-state index in [-0.39, 0.29) is 6.29 Å². The maximum Gasteiger partial charge on any atom is 0.173 e. The zero-order valence-corrected chi connectivity index (χ0v) is 8.86. The number of hydrogen-bond acceptors (Lipinski definition) is 4. The third-order valence-corrected chi connectivity index (χ3v) is 1.92. The van der Waals surface area contributed by atoms with Gasteiger partial charge in [-0.25, -0.2) is 0 Å². The van der Waals surface area contributed by atoms with Crippen LogP contribution in [-0.2, 0) is 9.47 Å². The van der Waals surface area contributed by atoms with E-state index in [9.17, 15) is 0 Å². The minimum absolute atomic E-state index is 0.308. The van der Waals surface area contributed by atoms with Gasteiger partial charge in [0, 0.05) is 32.2 Å². The van der Waals surface area contributed by atoms with E-state index in [0.717, 1.165) is 5.56 Å². The Hall–Kier alpha value is -1.46. The number of aromatic nitrogens is 1. The topological polar surface area (TPSA) is 67.2 Å². The summed E-state index contributed by atoms with van der Waals surface area (Å²) in [5.41, 5.74) is 0.739. The van der Waals surface area contributed by atoms with Crippen LogP contribution in [0.5, 0.6) is 0 Å². The Balaban J connectivity index is 2.43. The summed E-state index contributed by atoms with van der Waals surface area (Å²) in [6, 6.07) is 3.60. The highest BCUT2D eigenvalue weighted by atomic mass is 16.7. The third-order valence-electron chi connectivity index (χ3n) is 1.92. The smallest absolute Gasteiger partial charge is 0.173 e. The molecule has 15 heavy (non-hydrogen) atoms. The fourth-order valence-corrected chi connectivity index (χ4v) is 1.06. The van der Waals surface area contributed by atoms with Gasteiger partial charge in [0.15, 0.2) is 6.29 Å². The first-order valence-corrected chi connectivity index (χ1v) is 4.56. The van der Waals surface area contributed by atoms with Gasteiger partial charge >= 0.3 is 0 Å². The van der Waals surface area contributed by atoms with Crippen molar-refractivity contribution in [2.75, 3.05) is 20.8 Å². The average molecular weight is 209 g/mol. The van der Waals surface area contributed by atoms with Crippen molar-refractivity contribution in [2.24, 2.45) is 0 Å². The van der Waals surface area contributed by atoms with E-state index in [0.29, 0.717) is 12.4 Å². The van der Waals surface area contributed by atoms with Crippen molar-refractivity contribution in [3.05, 3.63) is 30.1 Å². The molecule has 1 heterocycles. The summed E-state index contributed by atoms with van der Waals surface area (Å²) in [4.78, 5) is 3.93. The molecule has 0 atom stereocenters. The average Bonchev–Trinajstić information content (AvgIpc) is 2.31. The lowest BCUT2D eigenvalue weighted by Gasteiger charge is -2.15. The second-order valence-electron chi connectivity index (χ2n) is 2.90. The molecule has 0 fully saturated rings. The Morgan fingerprint density at radius 1 is 1.53 bits per heavy atom. The van der Waals surface area contributed by atoms with Crippen LogP contribution in [0.25, 0.3) is 0 Å². The van der Waals surface area contributed by atoms with Crippen molar-refractivity contribution >= 4 is 5.84 Å². The van der Waals surface area contributed by atoms with Crippen LogP contribution >= 0.6 is 0 Å². The zero-order chi connectivity index (χ0) is 11.1. The molecule has 0 aliphatic rings. The van der Waals surface area contributed by atoms with E-state index in [1.54, 1.807) is 32.7 Å². The van der Waals surface area contributed by atoms with Crippen LogP contribution < -0.4 is 5.32 Å². The monoisotopic (exact) mass is 209 g/mol. The van der Waals surface area contributed by atoms with Crippen molar-refractivity contribution in [3.63, 3.8) is 0 Å². The zero-order valence-electron chi connectivity index (χ0n) is 8.86. The molecule has 2 N–H and O–H groups in total. The van der Waals surface area contributed by atoms with Gasteiger partial charge in [-0.05, 0) is 12.1 Å². The summed E-state index contributed by atoms with van der Waals surface area (Å²) in [7, 11) is 3.12. The number of methoxy groups -OCH3 is 2. The highest BCUT2D eigenvalue weighted by Gasteiger charge is 2.06. The summed E-state index contributed by atoms with van der Waals surface area (Å²) in [5, 5.41) is 10.6. The molecule has 1 aromatic rings. The standard InChI is InChI=1S/C10H15N3O2/c1-14-9(15-2)7-13-10(11)8-4-3-5-12-6-8/h3-6,9H,7H2,1-2H3,(H2,11,13). The number of nitrogens with one attached hydrogen (secondary N) is 2. The van der Waals surface area contributed by atoms with Gasteiger partial charge in [0.25, 0.3) is 0 Å². The number of hydrogen-bond donors (Lipinski definition) is 2. The Morgan fingerprint density at radius 2 is 2.27 bits per heavy atom. The van der Waals surface area contributed by atoms with Crippen molar-refractivity contribution in [3.8, 4) is 0 Å². The first kappa shape index (κ1) is 11.6. The molecule has 82 valence electrons. The van der Waals surface area contributed by atoms with Gasteiger partial charge in [-0.2, -0.15) is 0 Å². The molecular weight excluding hydrogens is 194 g/mol. The molecular formula is C10H15N3O2. The largest absolute Gasteiger partial charge is 0.365 e. The van der Waals surface area contributed by atoms with E-state index in [1.165, 1.54) is 0 Å². The summed E-state index contributed by atoms with van der Waals surface area (Å²) in [6.07, 6.45) is 2.95. The molecule has 0 radical (unpaired) electrons. The minimum Gasteiger partial charge on any atom is -0.365 e. The van der Waals surface area contributed by atoms with Crippen LogP contribution in [-0.4, -0.2) is 37.9 Å². The second kappa shape index (κ2) is 6.10. The Bertz CT molecular complexity index is 299. The molecule has 5 nitrogen and oxygen atoms in total. The highest BCUT2D eigenvalue weighted by molar-refractivity contribution is 5.95. The van der Waals surface area contributed by atoms with Gasteiger partial charge in [0.2, 0.25) is 0 Å². The highest BCUT2D eigenvalue weighted by Crippen LogP contribution is 1.95. The Kier molecular flexibility index (Phi) is 4.73. The summed E-state index contributed by atoms with van der Waals surface area (Å²) in [6.45, 7) is 0.431. The third kappa shape index (κ3) is 3.65. The van der Waals surface area contributed by atoms with Crippen LogP contribution in [0.1, 0.15) is 5.56 Å². The number of rotatable bonds is 5. The summed E-state index contributed by atoms with van der Waals surface area (Å²) >= 11 is 0. The summed E-state index contributed by atoms with van der Waals surface area (Å²) in [5.74, 6) is 0.308. The van der Waals surface area contributed by atoms with E-state index in [4.69, 9.17) is 14.9 Å². The van der Waals surface area contributed by atoms with Crippen LogP contribution in [0.4, 0.5) is 0 Å². The van der Waals surface area contributed by atoms with Gasteiger partial charge in [-0.15, -0.1) is 0 Å². The molecule has 0 aliphatic carbocycles. The van der Waals surface area contributed by atoms with Crippen LogP contribution in [0.2, 0.25) is 0 Å². The second-order valence-corrected chi connectivity index (χ2v) is 2.90. The van der Waals surface area contributed by atoms with Crippen LogP contribution in [0.15, 0.2) is 24.5 Å². The van der Waals surface area contributed by atoms with E-state index < -0.39 is 0 Å². The number of ether oxygens (including phenoxy) is 2. The van der Waals surface area contributed by atoms with Gasteiger partial charge in [0.1, 0.15) is 5.84 Å². The van der Waals surface area contributed by atoms with Crippen molar-refractivity contribution in [1.82, 2.24) is 10.3 Å². The molecule has 0 bridgehead atoms. The normalized spacial score (nSPS) is 10.3. The molecule has 0 saturated carbocycles. The minimum atomic E-state index is -0.345. The first-order valence-electron chi connectivity index (χ1n) is 4.56. The molecule has 0 unspecified atom stereocenters. The van der Waals surface area contributed by atoms with Crippen molar-refractivity contribution < 1.29 is 9.47 Å². The molecule has 0 aromatic carbocycles. The molecule has 1 aromatic heterocycles. The molecule has 5 heteroatoms. The van der Waals surface area contributed by atoms with Gasteiger partial charge in [-0.3, -0.25) is 10.4 Å². The van der Waals surface area contributed by atoms with E-state index in [1.807, 2.05) is 6.07 Å². The van der Waals surface area contributed by atoms with Gasteiger partial charge < -0.3 is 14.8 Å². The quantitative estimate of drug-likeness (QED) is 0.423. The molecule has 0 saturated heterocycles. The Labute approximate surface area is 88.9 Å². The Morgan fingerprint density at radius 3 is 2.80 bits per heavy atom. The van der Waals surface area contributed by atoms with Crippen LogP contribution in [0, 0.1) is 5.41 Å². The fourth-order valence-electron chi connectivity index (χ4n) is 1.06. The first-order chi connectivity index (χ1) is 7.27. The lowest BCUT2D eigenvalue weighted by atomic mass is 10.2. The number of pyridine rings is 1. The maximum atomic E-state index is 7.71. The lowest BCUT2D eigenvalue weighted by molar-refractivity contribution is -0.0965. The lowest BCUT2D eigenvalue weighted by Crippen LogP contribution is -2.34. The molecule has 0 spiro atoms. The van der Waals surface area contributed by atoms with Gasteiger partial charge in [-0.1, -0.05) is 0 Å². The molecule has 0 amide bonds. The number of amidine groups is 1. The SMILES string of the molecule is COC(CNC(=N)c1cccnc1)OC. The maximum absolute atomic E-state index is 7.71. The predicted molar refractivity (Wildman–Crippen MR) is 56.9 cm³/mol. The van der Waals surface area contributed by atoms with E-state index >= 15 is 0 Å². The van der Waals surface area contributed by atoms with Crippen molar-refractivity contribution in [2.45, 2.75) is 6.29 Å². The van der Waals surface area contributed by atoms with Crippen molar-refractivity contribution in [1.29, 1.82) is 5.41 Å². The molecule has 1 rings (SSSR count). The van der Waals surface area contributed by atoms with Crippen LogP contribution in [0.3, 0.4) is 0 Å². The fraction of sp³-hybridized carbons (Fsp3) is 0.400. The molecule has 0 aliphatic heterocycles. The van der Waals surface area contributed by atoms with Gasteiger partial charge in [0.05, 0.1) is 6.54 Å². The van der Waals surface area contributed by atoms with E-state index in [2.05, 4.69) is 10.3 Å². The number of nitrogens with zero attached hydrogens (tertiary/aromatic N) is 1. The summed E-state index contributed by atoms with van der Waals surface area (Å²) < 4.78 is 9.98. The predicted octanol–water partition coefficient (Wildman–Crippen LogP) is 0.615.